The van der Waals surface area contributed by atoms with Gasteiger partial charge < -0.3 is 0 Å². The Kier molecular flexibility index (Phi) is 6.17. The maximum Gasteiger partial charge on any atom is 0.416 e. The molecule has 0 saturated heterocycles. The molecule has 11 heteroatoms. The minimum absolute atomic E-state index is 0.0339. The second-order valence-corrected chi connectivity index (χ2v) is 9.00. The van der Waals surface area contributed by atoms with Crippen molar-refractivity contribution in [1.82, 2.24) is 4.72 Å². The van der Waals surface area contributed by atoms with E-state index in [1.165, 1.54) is 24.3 Å². The van der Waals surface area contributed by atoms with Gasteiger partial charge in [0.2, 0.25) is 10.0 Å². The summed E-state index contributed by atoms with van der Waals surface area (Å²) in [6, 6.07) is 7.99. The molecule has 0 fully saturated rings. The standard InChI is InChI=1S/C16H17F3N2O4S2/c1-2-11-20-26(22,23)14-9-5-13(6-10-14)21-27(24,25)15-7-3-12(4-8-15)16(17,18)19/h3-10,20-21H,2,11H2,1H3. The molecule has 0 aliphatic carbocycles. The molecule has 0 aromatic heterocycles. The molecule has 0 saturated carbocycles. The molecule has 0 aliphatic rings. The molecule has 0 unspecified atom stereocenters. The smallest absolute Gasteiger partial charge is 0.280 e. The summed E-state index contributed by atoms with van der Waals surface area (Å²) in [5.74, 6) is 0. The van der Waals surface area contributed by atoms with Crippen LogP contribution >= 0.6 is 0 Å². The van der Waals surface area contributed by atoms with Crippen LogP contribution in [-0.4, -0.2) is 23.4 Å². The summed E-state index contributed by atoms with van der Waals surface area (Å²) in [6.45, 7) is 2.08. The van der Waals surface area contributed by atoms with Gasteiger partial charge in [0.15, 0.2) is 0 Å². The Morgan fingerprint density at radius 3 is 1.78 bits per heavy atom. The van der Waals surface area contributed by atoms with Crippen molar-refractivity contribution < 1.29 is 30.0 Å². The van der Waals surface area contributed by atoms with E-state index in [2.05, 4.69) is 9.44 Å². The molecule has 0 aliphatic heterocycles. The minimum atomic E-state index is -4.57. The number of rotatable bonds is 7. The number of halogens is 3. The lowest BCUT2D eigenvalue weighted by Gasteiger charge is -2.11. The molecule has 148 valence electrons. The first-order chi connectivity index (χ1) is 12.5. The highest BCUT2D eigenvalue weighted by molar-refractivity contribution is 7.92. The SMILES string of the molecule is CCCNS(=O)(=O)c1ccc(NS(=O)(=O)c2ccc(C(F)(F)F)cc2)cc1. The number of sulfonamides is 2. The molecule has 0 spiro atoms. The molecule has 0 atom stereocenters. The predicted molar refractivity (Wildman–Crippen MR) is 94.2 cm³/mol. The van der Waals surface area contributed by atoms with E-state index in [4.69, 9.17) is 0 Å². The topological polar surface area (TPSA) is 92.3 Å². The van der Waals surface area contributed by atoms with Crippen molar-refractivity contribution in [2.75, 3.05) is 11.3 Å². The van der Waals surface area contributed by atoms with Crippen LogP contribution in [0.1, 0.15) is 18.9 Å². The van der Waals surface area contributed by atoms with Crippen molar-refractivity contribution in [1.29, 1.82) is 0 Å². The maximum absolute atomic E-state index is 12.6. The van der Waals surface area contributed by atoms with Gasteiger partial charge in [-0.3, -0.25) is 4.72 Å². The average Bonchev–Trinajstić information content (AvgIpc) is 2.59. The van der Waals surface area contributed by atoms with Gasteiger partial charge in [-0.05, 0) is 55.0 Å². The number of hydrogen-bond donors (Lipinski definition) is 2. The molecule has 2 aromatic rings. The first-order valence-corrected chi connectivity index (χ1v) is 10.7. The molecule has 0 bridgehead atoms. The van der Waals surface area contributed by atoms with Crippen LogP contribution in [0.3, 0.4) is 0 Å². The van der Waals surface area contributed by atoms with Gasteiger partial charge in [0.25, 0.3) is 10.0 Å². The first-order valence-electron chi connectivity index (χ1n) is 7.75. The molecule has 0 radical (unpaired) electrons. The van der Waals surface area contributed by atoms with E-state index in [0.717, 1.165) is 12.1 Å². The van der Waals surface area contributed by atoms with Crippen molar-refractivity contribution >= 4 is 25.7 Å². The molecule has 27 heavy (non-hydrogen) atoms. The van der Waals surface area contributed by atoms with Crippen LogP contribution in [0.15, 0.2) is 58.3 Å². The lowest BCUT2D eigenvalue weighted by Crippen LogP contribution is -2.24. The Hall–Kier alpha value is -2.11. The van der Waals surface area contributed by atoms with Gasteiger partial charge in [-0.2, -0.15) is 13.2 Å². The van der Waals surface area contributed by atoms with Gasteiger partial charge in [0.1, 0.15) is 0 Å². The largest absolute Gasteiger partial charge is 0.416 e. The summed E-state index contributed by atoms with van der Waals surface area (Å²) in [7, 11) is -7.81. The normalized spacial score (nSPS) is 12.7. The van der Waals surface area contributed by atoms with Crippen LogP contribution in [0.4, 0.5) is 18.9 Å². The fourth-order valence-corrected chi connectivity index (χ4v) is 4.25. The zero-order chi connectivity index (χ0) is 20.3. The van der Waals surface area contributed by atoms with Gasteiger partial charge in [-0.15, -0.1) is 0 Å². The Bertz CT molecular complexity index is 985. The summed E-state index contributed by atoms with van der Waals surface area (Å²) < 4.78 is 90.7. The Morgan fingerprint density at radius 2 is 1.30 bits per heavy atom. The summed E-state index contributed by atoms with van der Waals surface area (Å²) >= 11 is 0. The summed E-state index contributed by atoms with van der Waals surface area (Å²) in [4.78, 5) is -0.384. The van der Waals surface area contributed by atoms with E-state index in [1.54, 1.807) is 0 Å². The van der Waals surface area contributed by atoms with Gasteiger partial charge in [-0.1, -0.05) is 6.92 Å². The fraction of sp³-hybridized carbons (Fsp3) is 0.250. The predicted octanol–water partition coefficient (Wildman–Crippen LogP) is 3.19. The third-order valence-corrected chi connectivity index (χ3v) is 6.32. The van der Waals surface area contributed by atoms with Crippen molar-refractivity contribution in [2.24, 2.45) is 0 Å². The zero-order valence-electron chi connectivity index (χ0n) is 14.1. The number of hydrogen-bond acceptors (Lipinski definition) is 4. The molecule has 6 nitrogen and oxygen atoms in total. The van der Waals surface area contributed by atoms with Gasteiger partial charge in [-0.25, -0.2) is 21.6 Å². The van der Waals surface area contributed by atoms with Crippen molar-refractivity contribution in [2.45, 2.75) is 29.3 Å². The van der Waals surface area contributed by atoms with Crippen LogP contribution in [0.2, 0.25) is 0 Å². The number of alkyl halides is 3. The van der Waals surface area contributed by atoms with E-state index in [1.807, 2.05) is 6.92 Å². The number of anilines is 1. The van der Waals surface area contributed by atoms with Gasteiger partial charge in [0, 0.05) is 12.2 Å². The van der Waals surface area contributed by atoms with E-state index in [0.29, 0.717) is 18.6 Å². The molecule has 0 heterocycles. The van der Waals surface area contributed by atoms with E-state index in [-0.39, 0.29) is 22.0 Å². The number of benzene rings is 2. The van der Waals surface area contributed by atoms with Crippen molar-refractivity contribution in [3.05, 3.63) is 54.1 Å². The molecule has 0 amide bonds. The monoisotopic (exact) mass is 422 g/mol. The van der Waals surface area contributed by atoms with E-state index in [9.17, 15) is 30.0 Å². The molecule has 2 aromatic carbocycles. The summed E-state index contributed by atoms with van der Waals surface area (Å²) in [5.41, 5.74) is -0.889. The highest BCUT2D eigenvalue weighted by atomic mass is 32.2. The second kappa shape index (κ2) is 7.87. The Morgan fingerprint density at radius 1 is 0.815 bits per heavy atom. The Balaban J connectivity index is 2.18. The lowest BCUT2D eigenvalue weighted by molar-refractivity contribution is -0.137. The molecule has 2 rings (SSSR count). The lowest BCUT2D eigenvalue weighted by atomic mass is 10.2. The van der Waals surface area contributed by atoms with Crippen LogP contribution in [-0.2, 0) is 26.2 Å². The van der Waals surface area contributed by atoms with Gasteiger partial charge >= 0.3 is 6.18 Å². The van der Waals surface area contributed by atoms with Crippen molar-refractivity contribution in [3.8, 4) is 0 Å². The molecular weight excluding hydrogens is 405 g/mol. The molecular formula is C16H17F3N2O4S2. The van der Waals surface area contributed by atoms with E-state index >= 15 is 0 Å². The third-order valence-electron chi connectivity index (χ3n) is 3.45. The minimum Gasteiger partial charge on any atom is -0.280 e. The first kappa shape index (κ1) is 21.2. The highest BCUT2D eigenvalue weighted by Crippen LogP contribution is 2.30. The quantitative estimate of drug-likeness (QED) is 0.717. The van der Waals surface area contributed by atoms with Crippen LogP contribution in [0.5, 0.6) is 0 Å². The highest BCUT2D eigenvalue weighted by Gasteiger charge is 2.30. The maximum atomic E-state index is 12.6. The summed E-state index contributed by atoms with van der Waals surface area (Å²) in [5, 5.41) is 0. The number of nitrogens with one attached hydrogen (secondary N) is 2. The Labute approximate surface area is 155 Å². The summed E-state index contributed by atoms with van der Waals surface area (Å²) in [6.07, 6.45) is -3.95. The van der Waals surface area contributed by atoms with Gasteiger partial charge in [0.05, 0.1) is 15.4 Å². The van der Waals surface area contributed by atoms with Crippen molar-refractivity contribution in [3.63, 3.8) is 0 Å². The van der Waals surface area contributed by atoms with E-state index < -0.39 is 31.8 Å². The fourth-order valence-electron chi connectivity index (χ4n) is 2.06. The van der Waals surface area contributed by atoms with Crippen LogP contribution in [0.25, 0.3) is 0 Å². The molecule has 2 N–H and O–H groups in total. The van der Waals surface area contributed by atoms with Crippen LogP contribution in [0, 0.1) is 0 Å². The average molecular weight is 422 g/mol. The zero-order valence-corrected chi connectivity index (χ0v) is 15.7. The third kappa shape index (κ3) is 5.44. The second-order valence-electron chi connectivity index (χ2n) is 5.55. The van der Waals surface area contributed by atoms with Crippen LogP contribution < -0.4 is 9.44 Å².